The summed E-state index contributed by atoms with van der Waals surface area (Å²) in [6.45, 7) is 5.35. The minimum absolute atomic E-state index is 0.117. The maximum Gasteiger partial charge on any atom is 0.235 e. The van der Waals surface area contributed by atoms with Crippen LogP contribution in [0.15, 0.2) is 0 Å². The van der Waals surface area contributed by atoms with E-state index in [9.17, 15) is 13.2 Å². The first-order valence-electron chi connectivity index (χ1n) is 4.54. The second kappa shape index (κ2) is 5.31. The number of hydrogen-bond donors (Lipinski definition) is 1. The molecule has 0 aromatic carbocycles. The Balaban J connectivity index is 4.35. The summed E-state index contributed by atoms with van der Waals surface area (Å²) < 4.78 is 24.1. The summed E-state index contributed by atoms with van der Waals surface area (Å²) in [6, 6.07) is 0. The lowest BCUT2D eigenvalue weighted by Crippen LogP contribution is -2.40. The zero-order chi connectivity index (χ0) is 11.4. The third-order valence-corrected chi connectivity index (χ3v) is 3.96. The summed E-state index contributed by atoms with van der Waals surface area (Å²) in [5, 5.41) is 2.04. The van der Waals surface area contributed by atoms with Gasteiger partial charge in [0.05, 0.1) is 11.8 Å². The predicted octanol–water partition coefficient (Wildman–Crippen LogP) is -0.207. The van der Waals surface area contributed by atoms with Crippen LogP contribution in [-0.2, 0) is 14.8 Å². The topological polar surface area (TPSA) is 66.5 Å². The van der Waals surface area contributed by atoms with Crippen LogP contribution in [0.4, 0.5) is 0 Å². The van der Waals surface area contributed by atoms with Gasteiger partial charge < -0.3 is 5.32 Å². The van der Waals surface area contributed by atoms with E-state index in [4.69, 9.17) is 0 Å². The third kappa shape index (κ3) is 3.63. The summed E-state index contributed by atoms with van der Waals surface area (Å²) >= 11 is 0. The molecule has 0 unspecified atom stereocenters. The number of nitrogens with one attached hydrogen (secondary N) is 1. The molecule has 84 valence electrons. The van der Waals surface area contributed by atoms with Crippen molar-refractivity contribution in [1.29, 1.82) is 0 Å². The number of hydrogen-bond acceptors (Lipinski definition) is 3. The highest BCUT2D eigenvalue weighted by Gasteiger charge is 2.23. The first-order valence-corrected chi connectivity index (χ1v) is 6.04. The Labute approximate surface area is 85.5 Å². The quantitative estimate of drug-likeness (QED) is 0.700. The molecule has 0 radical (unpaired) electrons. The van der Waals surface area contributed by atoms with Crippen LogP contribution in [0.3, 0.4) is 0 Å². The van der Waals surface area contributed by atoms with Gasteiger partial charge in [0.1, 0.15) is 0 Å². The summed E-state index contributed by atoms with van der Waals surface area (Å²) in [5.41, 5.74) is 0. The third-order valence-electron chi connectivity index (χ3n) is 1.77. The van der Waals surface area contributed by atoms with Crippen LogP contribution in [-0.4, -0.2) is 44.0 Å². The minimum atomic E-state index is -3.32. The number of carbonyl (C=O) groups excluding carboxylic acids is 1. The van der Waals surface area contributed by atoms with Gasteiger partial charge in [-0.1, -0.05) is 0 Å². The lowest BCUT2D eigenvalue weighted by Gasteiger charge is -2.18. The Morgan fingerprint density at radius 2 is 1.93 bits per heavy atom. The highest BCUT2D eigenvalue weighted by atomic mass is 32.2. The standard InChI is InChI=1S/C8H18N2O3S/c1-5-9-8(11)6-10(4)14(12,13)7(2)3/h7H,5-6H2,1-4H3,(H,9,11). The Hall–Kier alpha value is -0.620. The Morgan fingerprint density at radius 1 is 1.43 bits per heavy atom. The fourth-order valence-electron chi connectivity index (χ4n) is 0.905. The second-order valence-electron chi connectivity index (χ2n) is 3.30. The van der Waals surface area contributed by atoms with Crippen LogP contribution in [0.25, 0.3) is 0 Å². The van der Waals surface area contributed by atoms with Crippen molar-refractivity contribution >= 4 is 15.9 Å². The molecule has 1 amide bonds. The highest BCUT2D eigenvalue weighted by Crippen LogP contribution is 2.04. The van der Waals surface area contributed by atoms with Gasteiger partial charge in [-0.15, -0.1) is 0 Å². The zero-order valence-electron chi connectivity index (χ0n) is 9.07. The van der Waals surface area contributed by atoms with Crippen molar-refractivity contribution in [2.75, 3.05) is 20.1 Å². The summed E-state index contributed by atoms with van der Waals surface area (Å²) in [7, 11) is -1.91. The van der Waals surface area contributed by atoms with E-state index in [0.29, 0.717) is 6.54 Å². The van der Waals surface area contributed by atoms with Crippen molar-refractivity contribution in [2.24, 2.45) is 0 Å². The maximum absolute atomic E-state index is 11.5. The van der Waals surface area contributed by atoms with Gasteiger partial charge in [0.25, 0.3) is 0 Å². The molecule has 0 heterocycles. The average molecular weight is 222 g/mol. The molecule has 0 aliphatic carbocycles. The first-order chi connectivity index (χ1) is 6.32. The van der Waals surface area contributed by atoms with Crippen LogP contribution < -0.4 is 5.32 Å². The largest absolute Gasteiger partial charge is 0.355 e. The van der Waals surface area contributed by atoms with E-state index < -0.39 is 15.3 Å². The number of sulfonamides is 1. The molecule has 6 heteroatoms. The van der Waals surface area contributed by atoms with E-state index in [1.165, 1.54) is 7.05 Å². The van der Waals surface area contributed by atoms with E-state index in [1.807, 2.05) is 0 Å². The van der Waals surface area contributed by atoms with E-state index in [2.05, 4.69) is 5.32 Å². The number of rotatable bonds is 5. The molecule has 0 bridgehead atoms. The maximum atomic E-state index is 11.5. The van der Waals surface area contributed by atoms with Crippen LogP contribution in [0.2, 0.25) is 0 Å². The molecule has 1 N–H and O–H groups in total. The van der Waals surface area contributed by atoms with Crippen LogP contribution in [0.5, 0.6) is 0 Å². The molecule has 0 aliphatic rings. The Bertz CT molecular complexity index is 285. The molecule has 0 aromatic rings. The second-order valence-corrected chi connectivity index (χ2v) is 5.90. The molecule has 0 aromatic heterocycles. The van der Waals surface area contributed by atoms with Crippen molar-refractivity contribution in [1.82, 2.24) is 9.62 Å². The smallest absolute Gasteiger partial charge is 0.235 e. The molecule has 0 atom stereocenters. The molecule has 0 saturated heterocycles. The van der Waals surface area contributed by atoms with Gasteiger partial charge in [-0.05, 0) is 20.8 Å². The monoisotopic (exact) mass is 222 g/mol. The van der Waals surface area contributed by atoms with Crippen molar-refractivity contribution < 1.29 is 13.2 Å². The number of carbonyl (C=O) groups is 1. The van der Waals surface area contributed by atoms with Crippen molar-refractivity contribution in [3.8, 4) is 0 Å². The van der Waals surface area contributed by atoms with Crippen molar-refractivity contribution in [3.63, 3.8) is 0 Å². The van der Waals surface area contributed by atoms with Gasteiger partial charge in [0.15, 0.2) is 0 Å². The highest BCUT2D eigenvalue weighted by molar-refractivity contribution is 7.89. The van der Waals surface area contributed by atoms with Gasteiger partial charge in [0.2, 0.25) is 15.9 Å². The molecular formula is C8H18N2O3S. The molecule has 5 nitrogen and oxygen atoms in total. The van der Waals surface area contributed by atoms with Crippen LogP contribution in [0.1, 0.15) is 20.8 Å². The number of nitrogens with zero attached hydrogens (tertiary/aromatic N) is 1. The first kappa shape index (κ1) is 13.4. The van der Waals surface area contributed by atoms with Gasteiger partial charge in [-0.25, -0.2) is 8.42 Å². The normalized spacial score (nSPS) is 12.1. The molecule has 0 aliphatic heterocycles. The number of likely N-dealkylation sites (N-methyl/N-ethyl adjacent to an activating group) is 2. The van der Waals surface area contributed by atoms with Crippen LogP contribution >= 0.6 is 0 Å². The molecule has 0 fully saturated rings. The van der Waals surface area contributed by atoms with Gasteiger partial charge >= 0.3 is 0 Å². The fourth-order valence-corrected chi connectivity index (χ4v) is 1.92. The average Bonchev–Trinajstić information content (AvgIpc) is 2.03. The summed E-state index contributed by atoms with van der Waals surface area (Å²) in [5.74, 6) is -0.278. The molecule has 0 saturated carbocycles. The lowest BCUT2D eigenvalue weighted by atomic mass is 10.5. The molecule has 0 spiro atoms. The number of amides is 1. The molecule has 0 rings (SSSR count). The van der Waals surface area contributed by atoms with Gasteiger partial charge in [-0.2, -0.15) is 4.31 Å². The Morgan fingerprint density at radius 3 is 2.29 bits per heavy atom. The SMILES string of the molecule is CCNC(=O)CN(C)S(=O)(=O)C(C)C. The van der Waals surface area contributed by atoms with Crippen molar-refractivity contribution in [3.05, 3.63) is 0 Å². The van der Waals surface area contributed by atoms with Crippen molar-refractivity contribution in [2.45, 2.75) is 26.0 Å². The molecular weight excluding hydrogens is 204 g/mol. The van der Waals surface area contributed by atoms with E-state index in [-0.39, 0.29) is 12.5 Å². The van der Waals surface area contributed by atoms with Crippen LogP contribution in [0, 0.1) is 0 Å². The Kier molecular flexibility index (Phi) is 5.07. The van der Waals surface area contributed by atoms with E-state index in [0.717, 1.165) is 4.31 Å². The fraction of sp³-hybridized carbons (Fsp3) is 0.875. The molecule has 14 heavy (non-hydrogen) atoms. The lowest BCUT2D eigenvalue weighted by molar-refractivity contribution is -0.121. The summed E-state index contributed by atoms with van der Waals surface area (Å²) in [4.78, 5) is 11.1. The van der Waals surface area contributed by atoms with Gasteiger partial charge in [-0.3, -0.25) is 4.79 Å². The van der Waals surface area contributed by atoms with E-state index in [1.54, 1.807) is 20.8 Å². The minimum Gasteiger partial charge on any atom is -0.355 e. The van der Waals surface area contributed by atoms with Gasteiger partial charge in [0, 0.05) is 13.6 Å². The summed E-state index contributed by atoms with van der Waals surface area (Å²) in [6.07, 6.45) is 0. The zero-order valence-corrected chi connectivity index (χ0v) is 9.89. The van der Waals surface area contributed by atoms with E-state index >= 15 is 0 Å². The predicted molar refractivity (Wildman–Crippen MR) is 55.4 cm³/mol.